The van der Waals surface area contributed by atoms with E-state index in [1.165, 1.54) is 5.56 Å². The van der Waals surface area contributed by atoms with E-state index in [-0.39, 0.29) is 5.91 Å². The molecule has 1 amide bonds. The maximum atomic E-state index is 12.2. The molecular weight excluding hydrogens is 268 g/mol. The highest BCUT2D eigenvalue weighted by Crippen LogP contribution is 2.11. The van der Waals surface area contributed by atoms with Crippen molar-refractivity contribution >= 4 is 5.91 Å². The predicted molar refractivity (Wildman–Crippen MR) is 77.1 cm³/mol. The van der Waals surface area contributed by atoms with Gasteiger partial charge < -0.3 is 14.2 Å². The Hall–Kier alpha value is -2.14. The summed E-state index contributed by atoms with van der Waals surface area (Å²) < 4.78 is 10.4. The summed E-state index contributed by atoms with van der Waals surface area (Å²) in [6.07, 6.45) is 1.66. The van der Waals surface area contributed by atoms with Gasteiger partial charge in [-0.1, -0.05) is 35.5 Å². The lowest BCUT2D eigenvalue weighted by Crippen LogP contribution is -2.40. The summed E-state index contributed by atoms with van der Waals surface area (Å²) in [7, 11) is 0. The van der Waals surface area contributed by atoms with E-state index in [9.17, 15) is 4.79 Å². The Morgan fingerprint density at radius 1 is 1.14 bits per heavy atom. The molecular formula is C16H18N2O3. The number of hydrogen-bond acceptors (Lipinski definition) is 4. The molecule has 5 nitrogen and oxygen atoms in total. The van der Waals surface area contributed by atoms with Gasteiger partial charge in [-0.15, -0.1) is 0 Å². The van der Waals surface area contributed by atoms with Crippen LogP contribution < -0.4 is 0 Å². The third kappa shape index (κ3) is 3.49. The standard InChI is InChI=1S/C16H18N2O3/c19-16(18-8-10-20-11-9-18)15-12-14(17-21-15)7-6-13-4-2-1-3-5-13/h1-5,12H,6-11H2. The summed E-state index contributed by atoms with van der Waals surface area (Å²) >= 11 is 0. The third-order valence-electron chi connectivity index (χ3n) is 3.58. The SMILES string of the molecule is O=C(c1cc(CCc2ccccc2)no1)N1CCOCC1. The van der Waals surface area contributed by atoms with E-state index < -0.39 is 0 Å². The van der Waals surface area contributed by atoms with Crippen LogP contribution in [0.25, 0.3) is 0 Å². The molecule has 3 rings (SSSR count). The zero-order valence-electron chi connectivity index (χ0n) is 11.8. The van der Waals surface area contributed by atoms with E-state index in [4.69, 9.17) is 9.26 Å². The minimum atomic E-state index is -0.100. The first kappa shape index (κ1) is 13.8. The van der Waals surface area contributed by atoms with Crippen LogP contribution in [0.5, 0.6) is 0 Å². The van der Waals surface area contributed by atoms with Gasteiger partial charge in [0.05, 0.1) is 18.9 Å². The first-order valence-electron chi connectivity index (χ1n) is 7.19. The van der Waals surface area contributed by atoms with Crippen molar-refractivity contribution in [2.45, 2.75) is 12.8 Å². The van der Waals surface area contributed by atoms with Crippen molar-refractivity contribution in [3.05, 3.63) is 53.4 Å². The Labute approximate surface area is 123 Å². The van der Waals surface area contributed by atoms with Crippen molar-refractivity contribution in [1.29, 1.82) is 0 Å². The molecule has 1 aliphatic heterocycles. The quantitative estimate of drug-likeness (QED) is 0.862. The summed E-state index contributed by atoms with van der Waals surface area (Å²) in [5.74, 6) is 0.219. The van der Waals surface area contributed by atoms with Crippen molar-refractivity contribution < 1.29 is 14.1 Å². The van der Waals surface area contributed by atoms with Crippen LogP contribution in [0.2, 0.25) is 0 Å². The normalized spacial score (nSPS) is 15.1. The van der Waals surface area contributed by atoms with E-state index in [0.29, 0.717) is 32.1 Å². The van der Waals surface area contributed by atoms with Crippen LogP contribution in [0, 0.1) is 0 Å². The van der Waals surface area contributed by atoms with E-state index in [0.717, 1.165) is 18.5 Å². The average molecular weight is 286 g/mol. The highest BCUT2D eigenvalue weighted by Gasteiger charge is 2.22. The molecule has 0 unspecified atom stereocenters. The molecule has 110 valence electrons. The zero-order valence-corrected chi connectivity index (χ0v) is 11.8. The highest BCUT2D eigenvalue weighted by atomic mass is 16.5. The molecule has 0 saturated carbocycles. The third-order valence-corrected chi connectivity index (χ3v) is 3.58. The van der Waals surface area contributed by atoms with Crippen LogP contribution >= 0.6 is 0 Å². The highest BCUT2D eigenvalue weighted by molar-refractivity contribution is 5.91. The molecule has 1 fully saturated rings. The topological polar surface area (TPSA) is 55.6 Å². The number of aryl methyl sites for hydroxylation is 2. The number of carbonyl (C=O) groups excluding carboxylic acids is 1. The van der Waals surface area contributed by atoms with E-state index in [1.807, 2.05) is 18.2 Å². The fourth-order valence-electron chi connectivity index (χ4n) is 2.37. The van der Waals surface area contributed by atoms with Crippen molar-refractivity contribution in [3.8, 4) is 0 Å². The van der Waals surface area contributed by atoms with Crippen LogP contribution in [-0.4, -0.2) is 42.3 Å². The molecule has 2 aromatic rings. The first-order valence-corrected chi connectivity index (χ1v) is 7.19. The second kappa shape index (κ2) is 6.54. The van der Waals surface area contributed by atoms with Gasteiger partial charge in [0.1, 0.15) is 0 Å². The van der Waals surface area contributed by atoms with Crippen LogP contribution in [0.15, 0.2) is 40.9 Å². The van der Waals surface area contributed by atoms with Crippen LogP contribution in [-0.2, 0) is 17.6 Å². The average Bonchev–Trinajstić information content (AvgIpc) is 3.03. The zero-order chi connectivity index (χ0) is 14.5. The van der Waals surface area contributed by atoms with E-state index in [1.54, 1.807) is 11.0 Å². The molecule has 0 atom stereocenters. The Kier molecular flexibility index (Phi) is 4.31. The summed E-state index contributed by atoms with van der Waals surface area (Å²) in [6.45, 7) is 2.39. The summed E-state index contributed by atoms with van der Waals surface area (Å²) in [6, 6.07) is 12.0. The molecule has 0 radical (unpaired) electrons. The maximum absolute atomic E-state index is 12.2. The van der Waals surface area contributed by atoms with Gasteiger partial charge >= 0.3 is 0 Å². The minimum absolute atomic E-state index is 0.100. The molecule has 0 N–H and O–H groups in total. The predicted octanol–water partition coefficient (Wildman–Crippen LogP) is 1.93. The molecule has 1 aromatic carbocycles. The second-order valence-corrected chi connectivity index (χ2v) is 5.07. The van der Waals surface area contributed by atoms with Crippen molar-refractivity contribution in [2.75, 3.05) is 26.3 Å². The molecule has 1 saturated heterocycles. The van der Waals surface area contributed by atoms with Gasteiger partial charge in [-0.2, -0.15) is 0 Å². The van der Waals surface area contributed by atoms with Crippen molar-refractivity contribution in [2.24, 2.45) is 0 Å². The number of morpholine rings is 1. The fraction of sp³-hybridized carbons (Fsp3) is 0.375. The largest absolute Gasteiger partial charge is 0.378 e. The van der Waals surface area contributed by atoms with Gasteiger partial charge in [0.25, 0.3) is 5.91 Å². The van der Waals surface area contributed by atoms with Gasteiger partial charge in [-0.3, -0.25) is 4.79 Å². The van der Waals surface area contributed by atoms with Gasteiger partial charge in [-0.25, -0.2) is 0 Å². The van der Waals surface area contributed by atoms with Crippen LogP contribution in [0.4, 0.5) is 0 Å². The lowest BCUT2D eigenvalue weighted by Gasteiger charge is -2.25. The number of rotatable bonds is 4. The maximum Gasteiger partial charge on any atom is 0.292 e. The van der Waals surface area contributed by atoms with E-state index >= 15 is 0 Å². The Morgan fingerprint density at radius 3 is 2.67 bits per heavy atom. The van der Waals surface area contributed by atoms with Gasteiger partial charge in [0.15, 0.2) is 0 Å². The summed E-state index contributed by atoms with van der Waals surface area (Å²) in [4.78, 5) is 14.0. The molecule has 0 spiro atoms. The Morgan fingerprint density at radius 2 is 1.90 bits per heavy atom. The molecule has 21 heavy (non-hydrogen) atoms. The lowest BCUT2D eigenvalue weighted by atomic mass is 10.1. The number of aromatic nitrogens is 1. The van der Waals surface area contributed by atoms with Gasteiger partial charge in [-0.05, 0) is 18.4 Å². The molecule has 0 aliphatic carbocycles. The van der Waals surface area contributed by atoms with Crippen molar-refractivity contribution in [3.63, 3.8) is 0 Å². The number of hydrogen-bond donors (Lipinski definition) is 0. The van der Waals surface area contributed by atoms with Crippen LogP contribution in [0.3, 0.4) is 0 Å². The number of amides is 1. The minimum Gasteiger partial charge on any atom is -0.378 e. The Bertz CT molecular complexity index is 589. The number of ether oxygens (including phenoxy) is 1. The van der Waals surface area contributed by atoms with E-state index in [2.05, 4.69) is 17.3 Å². The second-order valence-electron chi connectivity index (χ2n) is 5.07. The fourth-order valence-corrected chi connectivity index (χ4v) is 2.37. The van der Waals surface area contributed by atoms with Gasteiger partial charge in [0.2, 0.25) is 5.76 Å². The monoisotopic (exact) mass is 286 g/mol. The number of carbonyl (C=O) groups is 1. The van der Waals surface area contributed by atoms with Crippen molar-refractivity contribution in [1.82, 2.24) is 10.1 Å². The smallest absolute Gasteiger partial charge is 0.292 e. The summed E-state index contributed by atoms with van der Waals surface area (Å²) in [5.41, 5.74) is 2.07. The first-order chi connectivity index (χ1) is 10.3. The lowest BCUT2D eigenvalue weighted by molar-refractivity contribution is 0.0277. The number of nitrogens with zero attached hydrogens (tertiary/aromatic N) is 2. The van der Waals surface area contributed by atoms with Gasteiger partial charge in [0, 0.05) is 19.2 Å². The molecule has 1 aliphatic rings. The number of benzene rings is 1. The van der Waals surface area contributed by atoms with Crippen LogP contribution in [0.1, 0.15) is 21.8 Å². The molecule has 5 heteroatoms. The Balaban J connectivity index is 1.59. The molecule has 0 bridgehead atoms. The molecule has 1 aromatic heterocycles. The molecule has 2 heterocycles. The summed E-state index contributed by atoms with van der Waals surface area (Å²) in [5, 5.41) is 3.99.